The zero-order chi connectivity index (χ0) is 13.9. The summed E-state index contributed by atoms with van der Waals surface area (Å²) in [4.78, 5) is 14.4. The standard InChI is InChI=1S/C15H22N2O2.ClH/c1-12-4-6-13(7-5-12)17(2)14(18)15(19-3)8-10-16-11-9-15;/h4-7,16H,8-11H2,1-3H3;1H. The molecule has 0 spiro atoms. The second kappa shape index (κ2) is 7.07. The fraction of sp³-hybridized carbons (Fsp3) is 0.533. The Morgan fingerprint density at radius 3 is 2.30 bits per heavy atom. The van der Waals surface area contributed by atoms with E-state index >= 15 is 0 Å². The maximum absolute atomic E-state index is 12.7. The van der Waals surface area contributed by atoms with Crippen LogP contribution in [0.1, 0.15) is 18.4 Å². The molecule has 1 aromatic carbocycles. The SMILES string of the molecule is COC1(C(=O)N(C)c2ccc(C)cc2)CCNCC1.Cl. The number of ether oxygens (including phenoxy) is 1. The molecule has 0 saturated carbocycles. The summed E-state index contributed by atoms with van der Waals surface area (Å²) >= 11 is 0. The minimum atomic E-state index is -0.676. The highest BCUT2D eigenvalue weighted by Crippen LogP contribution is 2.27. The molecule has 0 unspecified atom stereocenters. The Labute approximate surface area is 126 Å². The smallest absolute Gasteiger partial charge is 0.259 e. The predicted octanol–water partition coefficient (Wildman–Crippen LogP) is 2.15. The van der Waals surface area contributed by atoms with Gasteiger partial charge in [0.05, 0.1) is 0 Å². The lowest BCUT2D eigenvalue weighted by Gasteiger charge is -2.37. The fourth-order valence-electron chi connectivity index (χ4n) is 2.53. The Bertz CT molecular complexity index is 442. The molecular weight excluding hydrogens is 276 g/mol. The number of likely N-dealkylation sites (N-methyl/N-ethyl adjacent to an activating group) is 1. The third-order valence-corrected chi connectivity index (χ3v) is 3.92. The molecular formula is C15H23ClN2O2. The zero-order valence-electron chi connectivity index (χ0n) is 12.3. The number of carbonyl (C=O) groups excluding carboxylic acids is 1. The van der Waals surface area contributed by atoms with Crippen molar-refractivity contribution >= 4 is 24.0 Å². The fourth-order valence-corrected chi connectivity index (χ4v) is 2.53. The maximum atomic E-state index is 12.7. The van der Waals surface area contributed by atoms with Gasteiger partial charge in [0, 0.05) is 19.8 Å². The average Bonchev–Trinajstić information content (AvgIpc) is 2.47. The van der Waals surface area contributed by atoms with Gasteiger partial charge in [0.15, 0.2) is 0 Å². The normalized spacial score (nSPS) is 17.1. The Morgan fingerprint density at radius 1 is 1.25 bits per heavy atom. The molecule has 0 radical (unpaired) electrons. The highest BCUT2D eigenvalue weighted by Gasteiger charge is 2.41. The van der Waals surface area contributed by atoms with Crippen molar-refractivity contribution < 1.29 is 9.53 Å². The second-order valence-electron chi connectivity index (χ2n) is 5.15. The van der Waals surface area contributed by atoms with Gasteiger partial charge in [0.25, 0.3) is 5.91 Å². The number of hydrogen-bond donors (Lipinski definition) is 1. The predicted molar refractivity (Wildman–Crippen MR) is 83.7 cm³/mol. The number of methoxy groups -OCH3 is 1. The van der Waals surface area contributed by atoms with E-state index in [0.29, 0.717) is 0 Å². The molecule has 1 saturated heterocycles. The number of anilines is 1. The van der Waals surface area contributed by atoms with Gasteiger partial charge in [0.1, 0.15) is 5.60 Å². The van der Waals surface area contributed by atoms with Crippen molar-refractivity contribution in [2.24, 2.45) is 0 Å². The third-order valence-electron chi connectivity index (χ3n) is 3.92. The number of carbonyl (C=O) groups is 1. The Morgan fingerprint density at radius 2 is 1.80 bits per heavy atom. The van der Waals surface area contributed by atoms with Crippen LogP contribution in [0.3, 0.4) is 0 Å². The molecule has 0 atom stereocenters. The quantitative estimate of drug-likeness (QED) is 0.930. The molecule has 1 aliphatic heterocycles. The molecule has 0 bridgehead atoms. The molecule has 1 N–H and O–H groups in total. The van der Waals surface area contributed by atoms with E-state index in [1.165, 1.54) is 5.56 Å². The molecule has 0 aliphatic carbocycles. The van der Waals surface area contributed by atoms with Gasteiger partial charge in [-0.15, -0.1) is 12.4 Å². The average molecular weight is 299 g/mol. The van der Waals surface area contributed by atoms with Gasteiger partial charge in [0.2, 0.25) is 0 Å². The summed E-state index contributed by atoms with van der Waals surface area (Å²) in [6.07, 6.45) is 1.44. The number of piperidine rings is 1. The van der Waals surface area contributed by atoms with E-state index in [1.54, 1.807) is 12.0 Å². The first-order valence-corrected chi connectivity index (χ1v) is 6.70. The molecule has 4 nitrogen and oxygen atoms in total. The van der Waals surface area contributed by atoms with Gasteiger partial charge in [-0.05, 0) is 45.0 Å². The van der Waals surface area contributed by atoms with E-state index in [-0.39, 0.29) is 18.3 Å². The first-order valence-electron chi connectivity index (χ1n) is 6.70. The number of halogens is 1. The number of hydrogen-bond acceptors (Lipinski definition) is 3. The molecule has 1 heterocycles. The number of nitrogens with one attached hydrogen (secondary N) is 1. The van der Waals surface area contributed by atoms with Gasteiger partial charge in [-0.1, -0.05) is 17.7 Å². The van der Waals surface area contributed by atoms with Crippen LogP contribution in [0.25, 0.3) is 0 Å². The zero-order valence-corrected chi connectivity index (χ0v) is 13.1. The minimum absolute atomic E-state index is 0. The first kappa shape index (κ1) is 17.0. The van der Waals surface area contributed by atoms with Gasteiger partial charge < -0.3 is 15.0 Å². The topological polar surface area (TPSA) is 41.6 Å². The molecule has 1 amide bonds. The largest absolute Gasteiger partial charge is 0.368 e. The van der Waals surface area contributed by atoms with Crippen molar-refractivity contribution in [3.63, 3.8) is 0 Å². The van der Waals surface area contributed by atoms with Crippen LogP contribution in [0.2, 0.25) is 0 Å². The Balaban J connectivity index is 0.00000200. The minimum Gasteiger partial charge on any atom is -0.368 e. The summed E-state index contributed by atoms with van der Waals surface area (Å²) in [5, 5.41) is 3.26. The maximum Gasteiger partial charge on any atom is 0.259 e. The summed E-state index contributed by atoms with van der Waals surface area (Å²) < 4.78 is 5.58. The molecule has 0 aromatic heterocycles. The summed E-state index contributed by atoms with van der Waals surface area (Å²) in [7, 11) is 3.45. The van der Waals surface area contributed by atoms with Crippen LogP contribution in [0, 0.1) is 6.92 Å². The van der Waals surface area contributed by atoms with Crippen LogP contribution in [-0.2, 0) is 9.53 Å². The first-order chi connectivity index (χ1) is 9.09. The van der Waals surface area contributed by atoms with E-state index in [1.807, 2.05) is 38.2 Å². The molecule has 1 aliphatic rings. The number of amides is 1. The Kier molecular flexibility index (Phi) is 5.99. The highest BCUT2D eigenvalue weighted by molar-refractivity contribution is 5.99. The number of rotatable bonds is 3. The molecule has 1 aromatic rings. The monoisotopic (exact) mass is 298 g/mol. The van der Waals surface area contributed by atoms with Crippen molar-refractivity contribution in [3.05, 3.63) is 29.8 Å². The lowest BCUT2D eigenvalue weighted by molar-refractivity contribution is -0.143. The second-order valence-corrected chi connectivity index (χ2v) is 5.15. The molecule has 112 valence electrons. The van der Waals surface area contributed by atoms with Crippen LogP contribution in [-0.4, -0.2) is 38.8 Å². The molecule has 2 rings (SSSR count). The van der Waals surface area contributed by atoms with Gasteiger partial charge in [-0.3, -0.25) is 4.79 Å². The van der Waals surface area contributed by atoms with Crippen molar-refractivity contribution in [1.29, 1.82) is 0 Å². The number of nitrogens with zero attached hydrogens (tertiary/aromatic N) is 1. The lowest BCUT2D eigenvalue weighted by Crippen LogP contribution is -2.54. The molecule has 5 heteroatoms. The van der Waals surface area contributed by atoms with Crippen LogP contribution in [0.15, 0.2) is 24.3 Å². The van der Waals surface area contributed by atoms with Crippen molar-refractivity contribution in [1.82, 2.24) is 5.32 Å². The van der Waals surface area contributed by atoms with Crippen LogP contribution in [0.5, 0.6) is 0 Å². The van der Waals surface area contributed by atoms with Gasteiger partial charge >= 0.3 is 0 Å². The number of aryl methyl sites for hydroxylation is 1. The van der Waals surface area contributed by atoms with Crippen LogP contribution >= 0.6 is 12.4 Å². The van der Waals surface area contributed by atoms with E-state index in [2.05, 4.69) is 5.32 Å². The van der Waals surface area contributed by atoms with E-state index < -0.39 is 5.60 Å². The van der Waals surface area contributed by atoms with Crippen molar-refractivity contribution in [3.8, 4) is 0 Å². The van der Waals surface area contributed by atoms with Gasteiger partial charge in [-0.2, -0.15) is 0 Å². The summed E-state index contributed by atoms with van der Waals surface area (Å²) in [5.74, 6) is 0.0420. The van der Waals surface area contributed by atoms with Crippen LogP contribution in [0.4, 0.5) is 5.69 Å². The number of benzene rings is 1. The van der Waals surface area contributed by atoms with E-state index in [4.69, 9.17) is 4.74 Å². The van der Waals surface area contributed by atoms with Crippen LogP contribution < -0.4 is 10.2 Å². The van der Waals surface area contributed by atoms with E-state index in [0.717, 1.165) is 31.6 Å². The molecule has 20 heavy (non-hydrogen) atoms. The lowest BCUT2D eigenvalue weighted by atomic mass is 9.90. The summed E-state index contributed by atoms with van der Waals surface area (Å²) in [6.45, 7) is 3.68. The third kappa shape index (κ3) is 3.32. The summed E-state index contributed by atoms with van der Waals surface area (Å²) in [5.41, 5.74) is 1.42. The summed E-state index contributed by atoms with van der Waals surface area (Å²) in [6, 6.07) is 7.97. The van der Waals surface area contributed by atoms with E-state index in [9.17, 15) is 4.79 Å². The molecule has 1 fully saturated rings. The van der Waals surface area contributed by atoms with Gasteiger partial charge in [-0.25, -0.2) is 0 Å². The van der Waals surface area contributed by atoms with Crippen molar-refractivity contribution in [2.75, 3.05) is 32.1 Å². The van der Waals surface area contributed by atoms with Crippen molar-refractivity contribution in [2.45, 2.75) is 25.4 Å². The highest BCUT2D eigenvalue weighted by atomic mass is 35.5. The Hall–Kier alpha value is -1.10.